The smallest absolute Gasteiger partial charge is 0.307 e. The highest BCUT2D eigenvalue weighted by Gasteiger charge is 2.41. The molecule has 0 radical (unpaired) electrons. The summed E-state index contributed by atoms with van der Waals surface area (Å²) < 4.78 is 18.9. The number of nitrogens with one attached hydrogen (secondary N) is 1. The van der Waals surface area contributed by atoms with E-state index in [1.54, 1.807) is 0 Å². The summed E-state index contributed by atoms with van der Waals surface area (Å²) in [5.41, 5.74) is 2.64. The van der Waals surface area contributed by atoms with E-state index in [0.29, 0.717) is 53.2 Å². The van der Waals surface area contributed by atoms with Crippen LogP contribution < -0.4 is 19.1 Å². The molecular formula is C26H31NO6S. The molecule has 1 atom stereocenters. The van der Waals surface area contributed by atoms with Crippen molar-refractivity contribution in [3.05, 3.63) is 61.1 Å². The minimum Gasteiger partial charge on any atom is -0.507 e. The Labute approximate surface area is 203 Å². The van der Waals surface area contributed by atoms with Crippen molar-refractivity contribution >= 4 is 11.3 Å². The van der Waals surface area contributed by atoms with Gasteiger partial charge in [0.1, 0.15) is 24.7 Å². The number of H-pyrrole nitrogens is 1. The number of hydrogen-bond acceptors (Lipinski definition) is 7. The zero-order chi connectivity index (χ0) is 24.6. The van der Waals surface area contributed by atoms with Crippen molar-refractivity contribution in [2.75, 3.05) is 13.2 Å². The third-order valence-electron chi connectivity index (χ3n) is 6.23. The first-order chi connectivity index (χ1) is 16.1. The second kappa shape index (κ2) is 9.25. The standard InChI is InChI=1S/C26H31NO6S/c1-14(2)11-26(13-32-22-17(5)21(28)15(3)16(4)23(22)33-26)12-31-19-8-6-18(7-9-19)10-20-24(29)27-25(30)34-20/h6-9,14,28-29H,10-13H2,1-5H3,(H,27,30). The number of hydrogen-bond donors (Lipinski definition) is 3. The number of aromatic hydroxyl groups is 2. The zero-order valence-corrected chi connectivity index (χ0v) is 21.0. The average molecular weight is 486 g/mol. The molecule has 182 valence electrons. The highest BCUT2D eigenvalue weighted by molar-refractivity contribution is 7.09. The molecule has 1 aliphatic heterocycles. The van der Waals surface area contributed by atoms with Crippen LogP contribution in [-0.2, 0) is 6.42 Å². The predicted octanol–water partition coefficient (Wildman–Crippen LogP) is 5.00. The van der Waals surface area contributed by atoms with Crippen LogP contribution in [0.5, 0.6) is 28.9 Å². The van der Waals surface area contributed by atoms with Gasteiger partial charge >= 0.3 is 4.87 Å². The summed E-state index contributed by atoms with van der Waals surface area (Å²) in [4.78, 5) is 14.1. The lowest BCUT2D eigenvalue weighted by Gasteiger charge is -2.40. The molecule has 1 unspecified atom stereocenters. The molecule has 3 N–H and O–H groups in total. The van der Waals surface area contributed by atoms with Crippen molar-refractivity contribution in [1.82, 2.24) is 4.98 Å². The zero-order valence-electron chi connectivity index (χ0n) is 20.2. The number of phenolic OH excluding ortho intramolecular Hbond substituents is 1. The number of fused-ring (bicyclic) bond motifs is 1. The molecule has 2 aromatic carbocycles. The van der Waals surface area contributed by atoms with E-state index in [0.717, 1.165) is 34.4 Å². The summed E-state index contributed by atoms with van der Waals surface area (Å²) in [7, 11) is 0. The lowest BCUT2D eigenvalue weighted by molar-refractivity contribution is -0.0542. The van der Waals surface area contributed by atoms with E-state index in [-0.39, 0.29) is 16.5 Å². The summed E-state index contributed by atoms with van der Waals surface area (Å²) in [6, 6.07) is 7.59. The van der Waals surface area contributed by atoms with Crippen molar-refractivity contribution < 1.29 is 24.4 Å². The van der Waals surface area contributed by atoms with Crippen LogP contribution in [0.2, 0.25) is 0 Å². The Morgan fingerprint density at radius 2 is 1.79 bits per heavy atom. The maximum atomic E-state index is 11.4. The molecular weight excluding hydrogens is 454 g/mol. The molecule has 8 heteroatoms. The minimum absolute atomic E-state index is 0.0743. The van der Waals surface area contributed by atoms with Gasteiger partial charge in [0, 0.05) is 17.5 Å². The topological polar surface area (TPSA) is 101 Å². The van der Waals surface area contributed by atoms with Gasteiger partial charge in [-0.15, -0.1) is 0 Å². The van der Waals surface area contributed by atoms with E-state index in [9.17, 15) is 15.0 Å². The number of aromatic amines is 1. The molecule has 4 rings (SSSR count). The normalized spacial score (nSPS) is 17.2. The lowest BCUT2D eigenvalue weighted by atomic mass is 9.91. The van der Waals surface area contributed by atoms with Crippen LogP contribution in [0.3, 0.4) is 0 Å². The Balaban J connectivity index is 1.52. The maximum Gasteiger partial charge on any atom is 0.307 e. The predicted molar refractivity (Wildman–Crippen MR) is 132 cm³/mol. The third-order valence-corrected chi connectivity index (χ3v) is 7.10. The molecule has 34 heavy (non-hydrogen) atoms. The highest BCUT2D eigenvalue weighted by atomic mass is 32.1. The van der Waals surface area contributed by atoms with Gasteiger partial charge in [0.25, 0.3) is 0 Å². The number of thiazole rings is 1. The molecule has 1 aromatic heterocycles. The minimum atomic E-state index is -0.663. The monoisotopic (exact) mass is 485 g/mol. The van der Waals surface area contributed by atoms with Gasteiger partial charge in [-0.1, -0.05) is 37.3 Å². The largest absolute Gasteiger partial charge is 0.507 e. The van der Waals surface area contributed by atoms with Gasteiger partial charge in [0.2, 0.25) is 5.88 Å². The van der Waals surface area contributed by atoms with Crippen molar-refractivity contribution in [2.45, 2.75) is 53.1 Å². The molecule has 2 heterocycles. The number of ether oxygens (including phenoxy) is 3. The first-order valence-electron chi connectivity index (χ1n) is 11.4. The fraction of sp³-hybridized carbons (Fsp3) is 0.423. The van der Waals surface area contributed by atoms with Crippen LogP contribution in [-0.4, -0.2) is 34.0 Å². The van der Waals surface area contributed by atoms with Gasteiger partial charge in [0.05, 0.1) is 4.88 Å². The van der Waals surface area contributed by atoms with Gasteiger partial charge in [-0.25, -0.2) is 0 Å². The molecule has 0 bridgehead atoms. The fourth-order valence-electron chi connectivity index (χ4n) is 4.37. The second-order valence-electron chi connectivity index (χ2n) is 9.45. The quantitative estimate of drug-likeness (QED) is 0.435. The highest BCUT2D eigenvalue weighted by Crippen LogP contribution is 2.47. The van der Waals surface area contributed by atoms with E-state index in [1.807, 2.05) is 45.0 Å². The van der Waals surface area contributed by atoms with Crippen LogP contribution >= 0.6 is 11.3 Å². The van der Waals surface area contributed by atoms with E-state index in [4.69, 9.17) is 14.2 Å². The summed E-state index contributed by atoms with van der Waals surface area (Å²) in [6.45, 7) is 10.6. The van der Waals surface area contributed by atoms with Crippen LogP contribution in [0.25, 0.3) is 0 Å². The summed E-state index contributed by atoms with van der Waals surface area (Å²) in [6.07, 6.45) is 1.21. The number of aromatic nitrogens is 1. The number of phenols is 1. The Morgan fingerprint density at radius 3 is 2.41 bits per heavy atom. The van der Waals surface area contributed by atoms with Gasteiger partial charge in [-0.05, 0) is 56.4 Å². The fourth-order valence-corrected chi connectivity index (χ4v) is 5.13. The molecule has 0 saturated carbocycles. The molecule has 1 aliphatic rings. The third kappa shape index (κ3) is 4.73. The Bertz CT molecular complexity index is 1240. The molecule has 7 nitrogen and oxygen atoms in total. The van der Waals surface area contributed by atoms with Crippen molar-refractivity contribution in [3.8, 4) is 28.9 Å². The van der Waals surface area contributed by atoms with E-state index >= 15 is 0 Å². The van der Waals surface area contributed by atoms with Crippen molar-refractivity contribution in [1.29, 1.82) is 0 Å². The molecule has 3 aromatic rings. The van der Waals surface area contributed by atoms with Gasteiger partial charge in [0.15, 0.2) is 17.1 Å². The van der Waals surface area contributed by atoms with Crippen LogP contribution in [0.1, 0.15) is 47.4 Å². The van der Waals surface area contributed by atoms with E-state index in [2.05, 4.69) is 18.8 Å². The van der Waals surface area contributed by atoms with Gasteiger partial charge in [-0.2, -0.15) is 0 Å². The van der Waals surface area contributed by atoms with E-state index < -0.39 is 5.60 Å². The number of rotatable bonds is 7. The van der Waals surface area contributed by atoms with Crippen LogP contribution in [0.4, 0.5) is 0 Å². The first kappa shape index (κ1) is 24.0. The Hall–Kier alpha value is -3.13. The van der Waals surface area contributed by atoms with Crippen molar-refractivity contribution in [2.24, 2.45) is 5.92 Å². The van der Waals surface area contributed by atoms with Crippen LogP contribution in [0.15, 0.2) is 29.1 Å². The van der Waals surface area contributed by atoms with Gasteiger partial charge in [-0.3, -0.25) is 9.78 Å². The Kier molecular flexibility index (Phi) is 6.53. The van der Waals surface area contributed by atoms with Crippen LogP contribution in [0, 0.1) is 26.7 Å². The second-order valence-corrected chi connectivity index (χ2v) is 10.5. The first-order valence-corrected chi connectivity index (χ1v) is 12.2. The molecule has 0 spiro atoms. The molecule has 0 aliphatic carbocycles. The van der Waals surface area contributed by atoms with Crippen molar-refractivity contribution in [3.63, 3.8) is 0 Å². The summed E-state index contributed by atoms with van der Waals surface area (Å²) in [5.74, 6) is 2.49. The molecule has 0 amide bonds. The average Bonchev–Trinajstić information content (AvgIpc) is 3.11. The summed E-state index contributed by atoms with van der Waals surface area (Å²) >= 11 is 1.01. The Morgan fingerprint density at radius 1 is 1.09 bits per heavy atom. The maximum absolute atomic E-state index is 11.4. The van der Waals surface area contributed by atoms with Gasteiger partial charge < -0.3 is 24.4 Å². The van der Waals surface area contributed by atoms with E-state index in [1.165, 1.54) is 0 Å². The lowest BCUT2D eigenvalue weighted by Crippen LogP contribution is -2.51. The number of benzene rings is 2. The molecule has 0 saturated heterocycles. The summed E-state index contributed by atoms with van der Waals surface area (Å²) in [5, 5.41) is 20.2. The SMILES string of the molecule is Cc1c(C)c2c(c(C)c1O)OCC(COc1ccc(Cc3sc(=O)[nH]c3O)cc1)(CC(C)C)O2. The molecule has 0 fully saturated rings.